The number of nitrogens with zero attached hydrogens (tertiary/aromatic N) is 2. The molecule has 0 saturated heterocycles. The van der Waals surface area contributed by atoms with Gasteiger partial charge in [-0.25, -0.2) is 0 Å². The molecule has 0 N–H and O–H groups in total. The molecule has 2 aromatic rings. The average molecular weight is 405 g/mol. The maximum absolute atomic E-state index is 12.7. The molecule has 6 heteroatoms. The first-order chi connectivity index (χ1) is 12.9. The molecule has 0 radical (unpaired) electrons. The van der Waals surface area contributed by atoms with Gasteiger partial charge in [0.2, 0.25) is 5.91 Å². The lowest BCUT2D eigenvalue weighted by molar-refractivity contribution is -0.136. The van der Waals surface area contributed by atoms with Gasteiger partial charge in [-0.3, -0.25) is 4.79 Å². The number of benzene rings is 2. The van der Waals surface area contributed by atoms with E-state index in [0.29, 0.717) is 29.6 Å². The minimum atomic E-state index is -0.169. The Labute approximate surface area is 169 Å². The second-order valence-corrected chi connectivity index (χ2v) is 7.85. The van der Waals surface area contributed by atoms with Gasteiger partial charge in [0.25, 0.3) is 0 Å². The van der Waals surface area contributed by atoms with Crippen molar-refractivity contribution in [3.63, 3.8) is 0 Å². The number of halogens is 2. The highest BCUT2D eigenvalue weighted by Gasteiger charge is 2.27. The molecule has 0 spiro atoms. The van der Waals surface area contributed by atoms with Crippen LogP contribution in [0.4, 0.5) is 0 Å². The molecule has 27 heavy (non-hydrogen) atoms. The second kappa shape index (κ2) is 8.77. The van der Waals surface area contributed by atoms with Gasteiger partial charge in [0.05, 0.1) is 12.3 Å². The molecule has 1 atom stereocenters. The van der Waals surface area contributed by atoms with E-state index in [0.717, 1.165) is 16.8 Å². The number of oxime groups is 1. The molecule has 4 nitrogen and oxygen atoms in total. The average Bonchev–Trinajstić information content (AvgIpc) is 3.09. The van der Waals surface area contributed by atoms with E-state index in [-0.39, 0.29) is 17.9 Å². The summed E-state index contributed by atoms with van der Waals surface area (Å²) < 4.78 is 0. The van der Waals surface area contributed by atoms with Gasteiger partial charge in [0.1, 0.15) is 0 Å². The van der Waals surface area contributed by atoms with Crippen LogP contribution in [0.15, 0.2) is 53.7 Å². The number of carbonyl (C=O) groups excluding carboxylic acids is 1. The normalized spacial score (nSPS) is 16.2. The highest BCUT2D eigenvalue weighted by atomic mass is 35.5. The number of hydrogen-bond donors (Lipinski definition) is 0. The predicted octanol–water partition coefficient (Wildman–Crippen LogP) is 5.17. The fraction of sp³-hybridized carbons (Fsp3) is 0.333. The smallest absolute Gasteiger partial charge is 0.225 e. The van der Waals surface area contributed by atoms with Crippen molar-refractivity contribution in [2.75, 3.05) is 6.54 Å². The summed E-state index contributed by atoms with van der Waals surface area (Å²) in [5.74, 6) is -0.0132. The third-order valence-electron chi connectivity index (χ3n) is 4.40. The Morgan fingerprint density at radius 3 is 2.59 bits per heavy atom. The van der Waals surface area contributed by atoms with Crippen LogP contribution in [0.3, 0.4) is 0 Å². The van der Waals surface area contributed by atoms with Crippen LogP contribution >= 0.6 is 23.2 Å². The minimum Gasteiger partial charge on any atom is -0.390 e. The Kier molecular flexibility index (Phi) is 6.40. The van der Waals surface area contributed by atoms with Gasteiger partial charge >= 0.3 is 0 Å². The maximum atomic E-state index is 12.7. The van der Waals surface area contributed by atoms with Gasteiger partial charge in [0.15, 0.2) is 6.10 Å². The van der Waals surface area contributed by atoms with Crippen LogP contribution in [-0.2, 0) is 16.2 Å². The molecule has 0 fully saturated rings. The fourth-order valence-corrected chi connectivity index (χ4v) is 3.38. The van der Waals surface area contributed by atoms with Crippen molar-refractivity contribution in [1.29, 1.82) is 0 Å². The summed E-state index contributed by atoms with van der Waals surface area (Å²) in [4.78, 5) is 20.1. The molecular formula is C21H22Cl2N2O2. The first kappa shape index (κ1) is 19.7. The molecule has 1 heterocycles. The summed E-state index contributed by atoms with van der Waals surface area (Å²) in [7, 11) is 0. The van der Waals surface area contributed by atoms with Crippen molar-refractivity contribution < 1.29 is 9.63 Å². The summed E-state index contributed by atoms with van der Waals surface area (Å²) in [6.45, 7) is 4.77. The van der Waals surface area contributed by atoms with Crippen LogP contribution in [0.2, 0.25) is 10.0 Å². The molecule has 142 valence electrons. The van der Waals surface area contributed by atoms with Crippen LogP contribution in [-0.4, -0.2) is 29.2 Å². The van der Waals surface area contributed by atoms with Crippen LogP contribution in [0.1, 0.15) is 31.4 Å². The molecule has 0 aliphatic carbocycles. The molecular weight excluding hydrogens is 383 g/mol. The SMILES string of the molecule is CC(C)C(=O)N(Cc1cccc(Cl)c1)CC1CC(c2ccc(Cl)cc2)=NO1. The molecule has 1 aliphatic rings. The van der Waals surface area contributed by atoms with Gasteiger partial charge in [-0.15, -0.1) is 0 Å². The number of rotatable bonds is 6. The summed E-state index contributed by atoms with van der Waals surface area (Å²) in [5.41, 5.74) is 2.85. The molecule has 0 bridgehead atoms. The topological polar surface area (TPSA) is 41.9 Å². The Hall–Kier alpha value is -2.04. The van der Waals surface area contributed by atoms with E-state index in [1.165, 1.54) is 0 Å². The van der Waals surface area contributed by atoms with Gasteiger partial charge in [0, 0.05) is 28.9 Å². The quantitative estimate of drug-likeness (QED) is 0.665. The van der Waals surface area contributed by atoms with Crippen molar-refractivity contribution in [2.45, 2.75) is 32.9 Å². The lowest BCUT2D eigenvalue weighted by Gasteiger charge is -2.26. The molecule has 0 saturated carbocycles. The molecule has 1 unspecified atom stereocenters. The first-order valence-corrected chi connectivity index (χ1v) is 9.70. The standard InChI is InChI=1S/C21H22Cl2N2O2/c1-14(2)21(26)25(12-15-4-3-5-18(23)10-15)13-19-11-20(24-27-19)16-6-8-17(22)9-7-16/h3-10,14,19H,11-13H2,1-2H3. The molecule has 1 aliphatic heterocycles. The lowest BCUT2D eigenvalue weighted by atomic mass is 10.0. The van der Waals surface area contributed by atoms with Crippen LogP contribution in [0.5, 0.6) is 0 Å². The monoisotopic (exact) mass is 404 g/mol. The number of amides is 1. The number of carbonyl (C=O) groups is 1. The van der Waals surface area contributed by atoms with Gasteiger partial charge in [-0.2, -0.15) is 0 Å². The predicted molar refractivity (Wildman–Crippen MR) is 109 cm³/mol. The molecule has 3 rings (SSSR count). The second-order valence-electron chi connectivity index (χ2n) is 6.98. The van der Waals surface area contributed by atoms with Crippen molar-refractivity contribution >= 4 is 34.8 Å². The zero-order chi connectivity index (χ0) is 19.4. The zero-order valence-corrected chi connectivity index (χ0v) is 16.9. The van der Waals surface area contributed by atoms with Crippen LogP contribution in [0, 0.1) is 5.92 Å². The van der Waals surface area contributed by atoms with E-state index in [1.807, 2.05) is 67.3 Å². The summed E-state index contributed by atoms with van der Waals surface area (Å²) in [6, 6.07) is 15.1. The Morgan fingerprint density at radius 2 is 1.93 bits per heavy atom. The minimum absolute atomic E-state index is 0.0820. The highest BCUT2D eigenvalue weighted by Crippen LogP contribution is 2.21. The van der Waals surface area contributed by atoms with Crippen LogP contribution in [0.25, 0.3) is 0 Å². The molecule has 1 amide bonds. The van der Waals surface area contributed by atoms with E-state index in [4.69, 9.17) is 28.0 Å². The van der Waals surface area contributed by atoms with E-state index in [9.17, 15) is 4.79 Å². The van der Waals surface area contributed by atoms with Crippen LogP contribution < -0.4 is 0 Å². The van der Waals surface area contributed by atoms with Crippen molar-refractivity contribution in [3.05, 3.63) is 69.7 Å². The molecule has 2 aromatic carbocycles. The fourth-order valence-electron chi connectivity index (χ4n) is 3.04. The Balaban J connectivity index is 1.68. The zero-order valence-electron chi connectivity index (χ0n) is 15.4. The number of hydrogen-bond acceptors (Lipinski definition) is 3. The molecule has 0 aromatic heterocycles. The van der Waals surface area contributed by atoms with Crippen molar-refractivity contribution in [1.82, 2.24) is 4.90 Å². The van der Waals surface area contributed by atoms with E-state index in [1.54, 1.807) is 0 Å². The lowest BCUT2D eigenvalue weighted by Crippen LogP contribution is -2.39. The van der Waals surface area contributed by atoms with Gasteiger partial charge in [-0.05, 0) is 35.4 Å². The van der Waals surface area contributed by atoms with Crippen molar-refractivity contribution in [2.24, 2.45) is 11.1 Å². The highest BCUT2D eigenvalue weighted by molar-refractivity contribution is 6.31. The Bertz CT molecular complexity index is 834. The Morgan fingerprint density at radius 1 is 1.19 bits per heavy atom. The largest absolute Gasteiger partial charge is 0.390 e. The maximum Gasteiger partial charge on any atom is 0.225 e. The van der Waals surface area contributed by atoms with E-state index < -0.39 is 0 Å². The summed E-state index contributed by atoms with van der Waals surface area (Å²) >= 11 is 12.0. The van der Waals surface area contributed by atoms with E-state index >= 15 is 0 Å². The summed E-state index contributed by atoms with van der Waals surface area (Å²) in [5, 5.41) is 5.56. The van der Waals surface area contributed by atoms with Crippen molar-refractivity contribution in [3.8, 4) is 0 Å². The third kappa shape index (κ3) is 5.24. The van der Waals surface area contributed by atoms with E-state index in [2.05, 4.69) is 5.16 Å². The third-order valence-corrected chi connectivity index (χ3v) is 4.89. The summed E-state index contributed by atoms with van der Waals surface area (Å²) in [6.07, 6.45) is 0.483. The van der Waals surface area contributed by atoms with Gasteiger partial charge < -0.3 is 9.74 Å². The first-order valence-electron chi connectivity index (χ1n) is 8.94. The van der Waals surface area contributed by atoms with Gasteiger partial charge in [-0.1, -0.05) is 66.5 Å².